The van der Waals surface area contributed by atoms with Gasteiger partial charge < -0.3 is 0 Å². The van der Waals surface area contributed by atoms with Gasteiger partial charge in [-0.1, -0.05) is 23.8 Å². The van der Waals surface area contributed by atoms with E-state index in [4.69, 9.17) is 29.6 Å². The van der Waals surface area contributed by atoms with Crippen LogP contribution < -0.4 is 11.2 Å². The first-order valence-corrected chi connectivity index (χ1v) is 5.68. The van der Waals surface area contributed by atoms with Crippen LogP contribution in [-0.2, 0) is 0 Å². The number of rotatable bonds is 3. The molecule has 1 aliphatic heterocycles. The highest BCUT2D eigenvalue weighted by Gasteiger charge is 2.30. The molecule has 0 saturated carbocycles. The van der Waals surface area contributed by atoms with E-state index in [1.165, 1.54) is 5.49 Å². The second kappa shape index (κ2) is 5.03. The molecule has 1 aromatic rings. The normalized spacial score (nSPS) is 20.5. The lowest BCUT2D eigenvalue weighted by Gasteiger charge is -2.27. The highest BCUT2D eigenvalue weighted by Crippen LogP contribution is 2.15. The molecule has 2 rings (SSSR count). The summed E-state index contributed by atoms with van der Waals surface area (Å²) >= 11 is 10.7. The number of pyridine rings is 1. The maximum Gasteiger partial charge on any atom is 0.187 e. The van der Waals surface area contributed by atoms with Gasteiger partial charge >= 0.3 is 0 Å². The molecule has 0 fully saturated rings. The highest BCUT2D eigenvalue weighted by atomic mass is 35.5. The Morgan fingerprint density at radius 1 is 1.59 bits per heavy atom. The number of hydrogen-bond donors (Lipinski definition) is 2. The van der Waals surface area contributed by atoms with Gasteiger partial charge in [0.15, 0.2) is 12.1 Å². The Labute approximate surface area is 109 Å². The van der Waals surface area contributed by atoms with Crippen molar-refractivity contribution < 1.29 is 0 Å². The molecule has 6 nitrogen and oxygen atoms in total. The molecule has 1 unspecified atom stereocenters. The van der Waals surface area contributed by atoms with Gasteiger partial charge in [0.05, 0.1) is 5.49 Å². The molecule has 90 valence electrons. The van der Waals surface area contributed by atoms with Crippen molar-refractivity contribution in [1.29, 1.82) is 0 Å². The van der Waals surface area contributed by atoms with Crippen LogP contribution in [0.25, 0.3) is 0 Å². The predicted molar refractivity (Wildman–Crippen MR) is 70.2 cm³/mol. The summed E-state index contributed by atoms with van der Waals surface area (Å²) in [5.41, 5.74) is 11.0. The molecule has 3 N–H and O–H groups in total. The van der Waals surface area contributed by atoms with Crippen LogP contribution in [0, 0.1) is 0 Å². The van der Waals surface area contributed by atoms with E-state index in [9.17, 15) is 0 Å². The number of nitrogens with two attached hydrogens (primary N) is 1. The minimum absolute atomic E-state index is 0.427. The number of hydrogen-bond acceptors (Lipinski definition) is 6. The summed E-state index contributed by atoms with van der Waals surface area (Å²) in [7, 11) is 1.74. The average Bonchev–Trinajstić information content (AvgIpc) is 2.66. The van der Waals surface area contributed by atoms with Gasteiger partial charge in [-0.05, 0) is 12.1 Å². The van der Waals surface area contributed by atoms with Crippen molar-refractivity contribution in [3.05, 3.63) is 29.0 Å². The molecule has 1 atom stereocenters. The number of hydrazine groups is 2. The van der Waals surface area contributed by atoms with Gasteiger partial charge in [-0.2, -0.15) is 0 Å². The molecule has 0 spiro atoms. The quantitative estimate of drug-likeness (QED) is 0.610. The van der Waals surface area contributed by atoms with Gasteiger partial charge in [0.2, 0.25) is 0 Å². The van der Waals surface area contributed by atoms with Crippen LogP contribution in [0.2, 0.25) is 5.15 Å². The van der Waals surface area contributed by atoms with E-state index in [0.717, 1.165) is 5.56 Å². The van der Waals surface area contributed by atoms with E-state index in [0.29, 0.717) is 11.0 Å². The van der Waals surface area contributed by atoms with Crippen LogP contribution >= 0.6 is 23.8 Å². The van der Waals surface area contributed by atoms with Crippen molar-refractivity contribution in [3.63, 3.8) is 0 Å². The van der Waals surface area contributed by atoms with Gasteiger partial charge in [0.25, 0.3) is 0 Å². The smallest absolute Gasteiger partial charge is 0.187 e. The summed E-state index contributed by atoms with van der Waals surface area (Å²) in [6.07, 6.45) is 1.10. The molecule has 0 bridgehead atoms. The zero-order valence-electron chi connectivity index (χ0n) is 9.04. The van der Waals surface area contributed by atoms with Crippen LogP contribution in [0.15, 0.2) is 23.3 Å². The fourth-order valence-corrected chi connectivity index (χ4v) is 1.84. The fourth-order valence-electron chi connectivity index (χ4n) is 1.52. The second-order valence-corrected chi connectivity index (χ2v) is 3.85. The number of nitrogens with zero attached hydrogens (tertiary/aromatic N) is 4. The highest BCUT2D eigenvalue weighted by molar-refractivity contribution is 7.78. The van der Waals surface area contributed by atoms with Crippen molar-refractivity contribution >= 4 is 35.1 Å². The van der Waals surface area contributed by atoms with Crippen LogP contribution in [0.3, 0.4) is 0 Å². The lowest BCUT2D eigenvalue weighted by atomic mass is 10.2. The first-order valence-electron chi connectivity index (χ1n) is 4.83. The number of aliphatic imine (C=N–C) groups is 1. The Balaban J connectivity index is 2.35. The number of halogens is 1. The Morgan fingerprint density at radius 2 is 2.35 bits per heavy atom. The minimum atomic E-state index is -0.523. The monoisotopic (exact) mass is 270 g/mol. The van der Waals surface area contributed by atoms with Crippen LogP contribution in [0.5, 0.6) is 0 Å². The Hall–Kier alpha value is -1.12. The molecule has 0 aromatic carbocycles. The molecule has 0 saturated heterocycles. The number of amidine groups is 1. The van der Waals surface area contributed by atoms with E-state index in [1.54, 1.807) is 29.4 Å². The van der Waals surface area contributed by atoms with Gasteiger partial charge in [0, 0.05) is 18.8 Å². The van der Waals surface area contributed by atoms with Crippen LogP contribution in [0.1, 0.15) is 5.56 Å². The summed E-state index contributed by atoms with van der Waals surface area (Å²) < 4.78 is 0. The summed E-state index contributed by atoms with van der Waals surface area (Å²) in [6.45, 7) is 0. The Bertz CT molecular complexity index is 447. The van der Waals surface area contributed by atoms with E-state index >= 15 is 0 Å². The van der Waals surface area contributed by atoms with Crippen LogP contribution in [0.4, 0.5) is 0 Å². The Kier molecular flexibility index (Phi) is 3.65. The first kappa shape index (κ1) is 12.3. The topological polar surface area (TPSA) is 69.8 Å². The van der Waals surface area contributed by atoms with Crippen molar-refractivity contribution in [2.45, 2.75) is 6.29 Å². The molecule has 2 heterocycles. The third kappa shape index (κ3) is 2.28. The molecule has 17 heavy (non-hydrogen) atoms. The molecular formula is C9H11ClN6S. The maximum absolute atomic E-state index is 5.83. The van der Waals surface area contributed by atoms with E-state index < -0.39 is 6.29 Å². The third-order valence-corrected chi connectivity index (χ3v) is 2.69. The molecular weight excluding hydrogens is 260 g/mol. The standard InChI is InChI=1S/C9H11ClN6S/c1-12-16-9(11)14-8(15(16)5-17)6-2-3-7(10)13-4-6/h2-5,9,12H,11H2,1H3. The molecule has 0 aliphatic carbocycles. The third-order valence-electron chi connectivity index (χ3n) is 2.27. The minimum Gasteiger partial charge on any atom is -0.295 e. The average molecular weight is 271 g/mol. The second-order valence-electron chi connectivity index (χ2n) is 3.25. The molecule has 0 radical (unpaired) electrons. The van der Waals surface area contributed by atoms with Gasteiger partial charge in [0.1, 0.15) is 5.15 Å². The van der Waals surface area contributed by atoms with Crippen molar-refractivity contribution in [1.82, 2.24) is 20.5 Å². The maximum atomic E-state index is 5.83. The van der Waals surface area contributed by atoms with Gasteiger partial charge in [-0.25, -0.2) is 20.4 Å². The Morgan fingerprint density at radius 3 is 2.88 bits per heavy atom. The molecule has 1 aromatic heterocycles. The van der Waals surface area contributed by atoms with E-state index in [1.807, 2.05) is 6.07 Å². The number of aromatic nitrogens is 1. The van der Waals surface area contributed by atoms with Crippen LogP contribution in [-0.4, -0.2) is 39.8 Å². The summed E-state index contributed by atoms with van der Waals surface area (Å²) in [6, 6.07) is 3.50. The fraction of sp³-hybridized carbons (Fsp3) is 0.222. The molecule has 8 heteroatoms. The molecule has 1 aliphatic rings. The first-order chi connectivity index (χ1) is 8.17. The molecule has 0 amide bonds. The lowest BCUT2D eigenvalue weighted by Crippen LogP contribution is -2.53. The largest absolute Gasteiger partial charge is 0.295 e. The van der Waals surface area contributed by atoms with Crippen molar-refractivity contribution in [3.8, 4) is 0 Å². The zero-order chi connectivity index (χ0) is 12.4. The predicted octanol–water partition coefficient (Wildman–Crippen LogP) is 0.348. The zero-order valence-corrected chi connectivity index (χ0v) is 10.6. The number of thiocarbonyl (C=S) groups is 1. The summed E-state index contributed by atoms with van der Waals surface area (Å²) in [4.78, 5) is 8.29. The van der Waals surface area contributed by atoms with Gasteiger partial charge in [-0.15, -0.1) is 5.12 Å². The van der Waals surface area contributed by atoms with Crippen molar-refractivity contribution in [2.24, 2.45) is 10.7 Å². The number of nitrogens with one attached hydrogen (secondary N) is 1. The van der Waals surface area contributed by atoms with E-state index in [-0.39, 0.29) is 0 Å². The van der Waals surface area contributed by atoms with Crippen molar-refractivity contribution in [2.75, 3.05) is 7.05 Å². The lowest BCUT2D eigenvalue weighted by molar-refractivity contribution is 0.0406. The summed E-state index contributed by atoms with van der Waals surface area (Å²) in [5.74, 6) is 0.631. The van der Waals surface area contributed by atoms with Gasteiger partial charge in [-0.3, -0.25) is 5.73 Å². The SMILES string of the molecule is CNN1C(N)N=C(c2ccc(Cl)nc2)N1C=S. The van der Waals surface area contributed by atoms with E-state index in [2.05, 4.69) is 15.4 Å². The summed E-state index contributed by atoms with van der Waals surface area (Å²) in [5, 5.41) is 3.68.